The van der Waals surface area contributed by atoms with Gasteiger partial charge in [-0.25, -0.2) is 8.42 Å². The number of benzene rings is 3. The van der Waals surface area contributed by atoms with Crippen molar-refractivity contribution in [3.05, 3.63) is 90.0 Å². The number of hydrogen-bond acceptors (Lipinski definition) is 4. The molecule has 33 heavy (non-hydrogen) atoms. The van der Waals surface area contributed by atoms with Crippen LogP contribution in [0, 0.1) is 6.92 Å². The molecular formula is C26H30N2O4S. The number of carbonyl (C=O) groups is 1. The molecule has 0 saturated heterocycles. The number of rotatable bonds is 10. The van der Waals surface area contributed by atoms with Gasteiger partial charge in [0.05, 0.1) is 11.9 Å². The van der Waals surface area contributed by atoms with Gasteiger partial charge in [-0.3, -0.25) is 9.10 Å². The lowest BCUT2D eigenvalue weighted by Crippen LogP contribution is -2.48. The first-order valence-corrected chi connectivity index (χ1v) is 12.7. The number of nitrogens with zero attached hydrogens (tertiary/aromatic N) is 1. The van der Waals surface area contributed by atoms with Gasteiger partial charge < -0.3 is 10.1 Å². The molecule has 1 amide bonds. The first kappa shape index (κ1) is 24.3. The maximum Gasteiger partial charge on any atom is 0.243 e. The molecule has 0 fully saturated rings. The molecule has 0 radical (unpaired) electrons. The van der Waals surface area contributed by atoms with E-state index in [1.807, 2.05) is 49.4 Å². The Balaban J connectivity index is 1.62. The van der Waals surface area contributed by atoms with Crippen molar-refractivity contribution >= 4 is 21.6 Å². The van der Waals surface area contributed by atoms with Crippen molar-refractivity contribution in [2.45, 2.75) is 32.7 Å². The highest BCUT2D eigenvalue weighted by molar-refractivity contribution is 7.92. The molecule has 0 aromatic heterocycles. The van der Waals surface area contributed by atoms with Gasteiger partial charge in [0.1, 0.15) is 17.5 Å². The monoisotopic (exact) mass is 466 g/mol. The van der Waals surface area contributed by atoms with Crippen LogP contribution in [0.3, 0.4) is 0 Å². The lowest BCUT2D eigenvalue weighted by molar-refractivity contribution is -0.121. The number of nitrogens with one attached hydrogen (secondary N) is 1. The van der Waals surface area contributed by atoms with Crippen LogP contribution in [0.2, 0.25) is 0 Å². The largest absolute Gasteiger partial charge is 0.457 e. The summed E-state index contributed by atoms with van der Waals surface area (Å²) in [6.07, 6.45) is 2.71. The molecule has 0 aliphatic carbocycles. The molecule has 1 N–H and O–H groups in total. The predicted octanol–water partition coefficient (Wildman–Crippen LogP) is 4.69. The van der Waals surface area contributed by atoms with Gasteiger partial charge in [-0.15, -0.1) is 0 Å². The smallest absolute Gasteiger partial charge is 0.243 e. The van der Waals surface area contributed by atoms with E-state index in [0.717, 1.165) is 23.4 Å². The van der Waals surface area contributed by atoms with Crippen LogP contribution in [0.1, 0.15) is 24.5 Å². The Morgan fingerprint density at radius 2 is 1.64 bits per heavy atom. The number of aryl methyl sites for hydroxylation is 2. The molecule has 3 aromatic rings. The molecule has 7 heteroatoms. The first-order chi connectivity index (χ1) is 15.7. The summed E-state index contributed by atoms with van der Waals surface area (Å²) in [6, 6.07) is 23.3. The Hall–Kier alpha value is -3.32. The summed E-state index contributed by atoms with van der Waals surface area (Å²) in [4.78, 5) is 12.7. The number of carbonyl (C=O) groups excluding carboxylic acids is 1. The van der Waals surface area contributed by atoms with Crippen molar-refractivity contribution in [1.29, 1.82) is 0 Å². The molecular weight excluding hydrogens is 436 g/mol. The molecule has 0 saturated carbocycles. The number of hydrogen-bond donors (Lipinski definition) is 1. The van der Waals surface area contributed by atoms with Crippen LogP contribution in [0.25, 0.3) is 0 Å². The Bertz CT molecular complexity index is 1160. The first-order valence-electron chi connectivity index (χ1n) is 10.9. The summed E-state index contributed by atoms with van der Waals surface area (Å²) in [7, 11) is -3.68. The van der Waals surface area contributed by atoms with Crippen LogP contribution in [-0.4, -0.2) is 33.2 Å². The zero-order valence-electron chi connectivity index (χ0n) is 19.2. The fourth-order valence-corrected chi connectivity index (χ4v) is 4.79. The minimum atomic E-state index is -3.68. The fourth-order valence-electron chi connectivity index (χ4n) is 3.61. The van der Waals surface area contributed by atoms with E-state index in [0.29, 0.717) is 23.7 Å². The van der Waals surface area contributed by atoms with Gasteiger partial charge in [-0.05, 0) is 68.7 Å². The highest BCUT2D eigenvalue weighted by atomic mass is 32.2. The molecule has 174 valence electrons. The summed E-state index contributed by atoms with van der Waals surface area (Å²) in [5.74, 6) is 0.921. The number of amides is 1. The quantitative estimate of drug-likeness (QED) is 0.440. The van der Waals surface area contributed by atoms with Gasteiger partial charge in [0, 0.05) is 6.54 Å². The predicted molar refractivity (Wildman–Crippen MR) is 132 cm³/mol. The Kier molecular flexibility index (Phi) is 8.11. The second-order valence-corrected chi connectivity index (χ2v) is 9.89. The second-order valence-electron chi connectivity index (χ2n) is 8.03. The van der Waals surface area contributed by atoms with E-state index >= 15 is 0 Å². The number of ether oxygens (including phenoxy) is 1. The molecule has 3 rings (SSSR count). The van der Waals surface area contributed by atoms with Gasteiger partial charge >= 0.3 is 0 Å². The van der Waals surface area contributed by atoms with E-state index in [4.69, 9.17) is 4.74 Å². The fraction of sp³-hybridized carbons (Fsp3) is 0.269. The average molecular weight is 467 g/mol. The van der Waals surface area contributed by atoms with Crippen molar-refractivity contribution in [2.75, 3.05) is 17.1 Å². The molecule has 0 aliphatic rings. The summed E-state index contributed by atoms with van der Waals surface area (Å²) >= 11 is 0. The molecule has 1 atom stereocenters. The van der Waals surface area contributed by atoms with Gasteiger partial charge in [0.25, 0.3) is 0 Å². The van der Waals surface area contributed by atoms with Crippen LogP contribution in [0.15, 0.2) is 78.9 Å². The molecule has 0 spiro atoms. The summed E-state index contributed by atoms with van der Waals surface area (Å²) in [5.41, 5.74) is 2.82. The van der Waals surface area contributed by atoms with Crippen molar-refractivity contribution in [2.24, 2.45) is 0 Å². The molecule has 0 aliphatic heterocycles. The second kappa shape index (κ2) is 11.0. The van der Waals surface area contributed by atoms with E-state index in [9.17, 15) is 13.2 Å². The average Bonchev–Trinajstić information content (AvgIpc) is 2.78. The van der Waals surface area contributed by atoms with E-state index in [1.165, 1.54) is 11.1 Å². The Morgan fingerprint density at radius 1 is 0.970 bits per heavy atom. The lowest BCUT2D eigenvalue weighted by Gasteiger charge is -2.28. The van der Waals surface area contributed by atoms with E-state index in [-0.39, 0.29) is 5.91 Å². The van der Waals surface area contributed by atoms with E-state index in [2.05, 4.69) is 17.4 Å². The third kappa shape index (κ3) is 7.08. The summed E-state index contributed by atoms with van der Waals surface area (Å²) < 4.78 is 31.9. The van der Waals surface area contributed by atoms with Crippen molar-refractivity contribution in [3.63, 3.8) is 0 Å². The van der Waals surface area contributed by atoms with E-state index < -0.39 is 16.1 Å². The molecule has 0 unspecified atom stereocenters. The maximum atomic E-state index is 12.7. The third-order valence-corrected chi connectivity index (χ3v) is 6.42. The minimum absolute atomic E-state index is 0.339. The Labute approximate surface area is 196 Å². The Morgan fingerprint density at radius 3 is 2.27 bits per heavy atom. The van der Waals surface area contributed by atoms with Crippen LogP contribution in [0.5, 0.6) is 11.5 Å². The van der Waals surface area contributed by atoms with Crippen molar-refractivity contribution in [3.8, 4) is 11.5 Å². The highest BCUT2D eigenvalue weighted by Gasteiger charge is 2.28. The topological polar surface area (TPSA) is 75.7 Å². The maximum absolute atomic E-state index is 12.7. The lowest BCUT2D eigenvalue weighted by atomic mass is 10.1. The number of anilines is 1. The summed E-state index contributed by atoms with van der Waals surface area (Å²) in [5, 5.41) is 2.86. The summed E-state index contributed by atoms with van der Waals surface area (Å²) in [6.45, 7) is 4.11. The van der Waals surface area contributed by atoms with Gasteiger partial charge in [0.15, 0.2) is 0 Å². The standard InChI is InChI=1S/C26H30N2O4S/c1-20-9-7-10-22(19-20)11-8-18-27-26(29)21(2)28(33(3,30)31)23-14-16-25(17-15-23)32-24-12-5-4-6-13-24/h4-7,9-10,12-17,19,21H,8,11,18H2,1-3H3,(H,27,29)/t21-/m1/s1. The van der Waals surface area contributed by atoms with E-state index in [1.54, 1.807) is 31.2 Å². The molecule has 0 heterocycles. The minimum Gasteiger partial charge on any atom is -0.457 e. The number of para-hydroxylation sites is 1. The van der Waals surface area contributed by atoms with Gasteiger partial charge in [0.2, 0.25) is 15.9 Å². The molecule has 0 bridgehead atoms. The van der Waals surface area contributed by atoms with Crippen LogP contribution >= 0.6 is 0 Å². The van der Waals surface area contributed by atoms with Gasteiger partial charge in [-0.1, -0.05) is 48.0 Å². The molecule has 3 aromatic carbocycles. The zero-order valence-corrected chi connectivity index (χ0v) is 20.0. The van der Waals surface area contributed by atoms with Crippen LogP contribution in [0.4, 0.5) is 5.69 Å². The normalized spacial score (nSPS) is 12.1. The number of sulfonamides is 1. The molecule has 6 nitrogen and oxygen atoms in total. The van der Waals surface area contributed by atoms with Gasteiger partial charge in [-0.2, -0.15) is 0 Å². The van der Waals surface area contributed by atoms with Crippen LogP contribution < -0.4 is 14.4 Å². The van der Waals surface area contributed by atoms with Crippen LogP contribution in [-0.2, 0) is 21.2 Å². The SMILES string of the molecule is Cc1cccc(CCCNC(=O)[C@@H](C)N(c2ccc(Oc3ccccc3)cc2)S(C)(=O)=O)c1. The zero-order chi connectivity index (χ0) is 23.8. The van der Waals surface area contributed by atoms with Crippen molar-refractivity contribution in [1.82, 2.24) is 5.32 Å². The highest BCUT2D eigenvalue weighted by Crippen LogP contribution is 2.26. The van der Waals surface area contributed by atoms with Crippen molar-refractivity contribution < 1.29 is 17.9 Å². The third-order valence-electron chi connectivity index (χ3n) is 5.18.